The van der Waals surface area contributed by atoms with E-state index >= 15 is 0 Å². The van der Waals surface area contributed by atoms with Gasteiger partial charge in [-0.3, -0.25) is 4.79 Å². The maximum atomic E-state index is 12.1. The van der Waals surface area contributed by atoms with Crippen LogP contribution in [0.2, 0.25) is 0 Å². The fraction of sp³-hybridized carbons (Fsp3) is 0.385. The predicted molar refractivity (Wildman–Crippen MR) is 78.0 cm³/mol. The van der Waals surface area contributed by atoms with Crippen molar-refractivity contribution in [3.8, 4) is 0 Å². The lowest BCUT2D eigenvalue weighted by Crippen LogP contribution is -2.44. The van der Waals surface area contributed by atoms with E-state index in [0.29, 0.717) is 11.3 Å². The van der Waals surface area contributed by atoms with E-state index in [0.717, 1.165) is 9.40 Å². The third-order valence-electron chi connectivity index (χ3n) is 3.13. The molecule has 2 atom stereocenters. The fourth-order valence-electron chi connectivity index (χ4n) is 1.77. The molecule has 6 heteroatoms. The van der Waals surface area contributed by atoms with Crippen LogP contribution in [0.3, 0.4) is 0 Å². The number of fused-ring (bicyclic) bond motifs is 1. The molecule has 0 aromatic carbocycles. The molecular weight excluding hydrogens is 282 g/mol. The van der Waals surface area contributed by atoms with E-state index in [9.17, 15) is 9.59 Å². The van der Waals surface area contributed by atoms with Crippen molar-refractivity contribution in [3.63, 3.8) is 0 Å². The maximum Gasteiger partial charge on any atom is 0.326 e. The van der Waals surface area contributed by atoms with E-state index in [1.165, 1.54) is 11.3 Å². The van der Waals surface area contributed by atoms with Crippen LogP contribution in [0.15, 0.2) is 17.5 Å². The number of carbonyl (C=O) groups is 2. The van der Waals surface area contributed by atoms with Crippen molar-refractivity contribution in [1.29, 1.82) is 0 Å². The molecule has 2 heterocycles. The van der Waals surface area contributed by atoms with Gasteiger partial charge in [0.1, 0.15) is 6.04 Å². The molecule has 4 nitrogen and oxygen atoms in total. The Morgan fingerprint density at radius 2 is 2.16 bits per heavy atom. The molecule has 0 aliphatic heterocycles. The summed E-state index contributed by atoms with van der Waals surface area (Å²) in [4.78, 5) is 23.8. The summed E-state index contributed by atoms with van der Waals surface area (Å²) in [6.07, 6.45) is 0.705. The van der Waals surface area contributed by atoms with Gasteiger partial charge in [-0.25, -0.2) is 4.79 Å². The van der Waals surface area contributed by atoms with Crippen molar-refractivity contribution < 1.29 is 14.7 Å². The number of carboxylic acid groups (broad SMARTS) is 1. The van der Waals surface area contributed by atoms with E-state index in [1.54, 1.807) is 11.3 Å². The molecular formula is C13H15NO3S2. The summed E-state index contributed by atoms with van der Waals surface area (Å²) in [6.45, 7) is 3.74. The Hall–Kier alpha value is -1.40. The molecule has 0 aliphatic rings. The highest BCUT2D eigenvalue weighted by atomic mass is 32.1. The van der Waals surface area contributed by atoms with Crippen LogP contribution in [-0.2, 0) is 4.79 Å². The van der Waals surface area contributed by atoms with E-state index in [-0.39, 0.29) is 11.8 Å². The molecule has 1 amide bonds. The van der Waals surface area contributed by atoms with Crippen molar-refractivity contribution >= 4 is 43.9 Å². The average Bonchev–Trinajstić information content (AvgIpc) is 2.94. The van der Waals surface area contributed by atoms with Gasteiger partial charge >= 0.3 is 5.97 Å². The number of hydrogen-bond donors (Lipinski definition) is 2. The Balaban J connectivity index is 2.15. The van der Waals surface area contributed by atoms with E-state index in [1.807, 2.05) is 31.4 Å². The maximum absolute atomic E-state index is 12.1. The SMILES string of the molecule is CCC(C)C(NC(=O)c1cc2sccc2s1)C(=O)O. The summed E-state index contributed by atoms with van der Waals surface area (Å²) in [5, 5.41) is 13.7. The van der Waals surface area contributed by atoms with Crippen LogP contribution in [0.4, 0.5) is 0 Å². The van der Waals surface area contributed by atoms with Gasteiger partial charge in [0.15, 0.2) is 0 Å². The highest BCUT2D eigenvalue weighted by Crippen LogP contribution is 2.30. The summed E-state index contributed by atoms with van der Waals surface area (Å²) in [7, 11) is 0. The highest BCUT2D eigenvalue weighted by Gasteiger charge is 2.26. The van der Waals surface area contributed by atoms with Crippen LogP contribution >= 0.6 is 22.7 Å². The summed E-state index contributed by atoms with van der Waals surface area (Å²) in [6, 6.07) is 2.94. The van der Waals surface area contributed by atoms with Crippen molar-refractivity contribution in [2.45, 2.75) is 26.3 Å². The molecule has 102 valence electrons. The number of nitrogens with one attached hydrogen (secondary N) is 1. The zero-order valence-corrected chi connectivity index (χ0v) is 12.3. The molecule has 2 unspecified atom stereocenters. The first-order valence-corrected chi connectivity index (χ1v) is 7.73. The van der Waals surface area contributed by atoms with Crippen LogP contribution in [0.5, 0.6) is 0 Å². The number of hydrogen-bond acceptors (Lipinski definition) is 4. The lowest BCUT2D eigenvalue weighted by Gasteiger charge is -2.19. The zero-order chi connectivity index (χ0) is 14.0. The lowest BCUT2D eigenvalue weighted by atomic mass is 9.99. The van der Waals surface area contributed by atoms with Crippen LogP contribution in [-0.4, -0.2) is 23.0 Å². The van der Waals surface area contributed by atoms with Gasteiger partial charge in [-0.05, 0) is 23.4 Å². The molecule has 0 spiro atoms. The van der Waals surface area contributed by atoms with Crippen LogP contribution in [0, 0.1) is 5.92 Å². The second-order valence-corrected chi connectivity index (χ2v) is 6.47. The zero-order valence-electron chi connectivity index (χ0n) is 10.7. The minimum absolute atomic E-state index is 0.0949. The van der Waals surface area contributed by atoms with E-state index in [2.05, 4.69) is 5.32 Å². The largest absolute Gasteiger partial charge is 0.480 e. The van der Waals surface area contributed by atoms with E-state index in [4.69, 9.17) is 5.11 Å². The first-order chi connectivity index (χ1) is 9.02. The van der Waals surface area contributed by atoms with Gasteiger partial charge in [0.2, 0.25) is 0 Å². The molecule has 2 N–H and O–H groups in total. The quantitative estimate of drug-likeness (QED) is 0.890. The Morgan fingerprint density at radius 3 is 2.74 bits per heavy atom. The lowest BCUT2D eigenvalue weighted by molar-refractivity contribution is -0.140. The second kappa shape index (κ2) is 5.71. The van der Waals surface area contributed by atoms with Gasteiger partial charge in [-0.1, -0.05) is 20.3 Å². The number of amides is 1. The molecule has 0 saturated heterocycles. The van der Waals surface area contributed by atoms with Crippen LogP contribution < -0.4 is 5.32 Å². The fourth-order valence-corrected chi connectivity index (χ4v) is 3.78. The number of carboxylic acids is 1. The van der Waals surface area contributed by atoms with Crippen LogP contribution in [0.1, 0.15) is 29.9 Å². The van der Waals surface area contributed by atoms with Crippen LogP contribution in [0.25, 0.3) is 9.40 Å². The number of thiophene rings is 2. The summed E-state index contributed by atoms with van der Waals surface area (Å²) < 4.78 is 2.12. The molecule has 2 rings (SSSR count). The summed E-state index contributed by atoms with van der Waals surface area (Å²) >= 11 is 2.97. The molecule has 0 fully saturated rings. The van der Waals surface area contributed by atoms with Gasteiger partial charge in [0.25, 0.3) is 5.91 Å². The molecule has 0 bridgehead atoms. The highest BCUT2D eigenvalue weighted by molar-refractivity contribution is 7.27. The Labute approximate surface area is 119 Å². The third kappa shape index (κ3) is 2.96. The monoisotopic (exact) mass is 297 g/mol. The number of rotatable bonds is 5. The van der Waals surface area contributed by atoms with Gasteiger partial charge in [-0.2, -0.15) is 0 Å². The number of aliphatic carboxylic acids is 1. The molecule has 2 aromatic rings. The molecule has 0 saturated carbocycles. The van der Waals surface area contributed by atoms with Crippen molar-refractivity contribution in [3.05, 3.63) is 22.4 Å². The van der Waals surface area contributed by atoms with E-state index < -0.39 is 12.0 Å². The normalized spacial score (nSPS) is 14.2. The standard InChI is InChI=1S/C13H15NO3S2/c1-3-7(2)11(13(16)17)14-12(15)10-6-9-8(19-10)4-5-18-9/h4-7,11H,3H2,1-2H3,(H,14,15)(H,16,17). The first kappa shape index (κ1) is 14.0. The van der Waals surface area contributed by atoms with Gasteiger partial charge in [0.05, 0.1) is 4.88 Å². The van der Waals surface area contributed by atoms with Crippen molar-refractivity contribution in [2.24, 2.45) is 5.92 Å². The summed E-state index contributed by atoms with van der Waals surface area (Å²) in [5.41, 5.74) is 0. The minimum Gasteiger partial charge on any atom is -0.480 e. The second-order valence-electron chi connectivity index (χ2n) is 4.43. The Bertz CT molecular complexity index is 573. The topological polar surface area (TPSA) is 66.4 Å². The minimum atomic E-state index is -0.985. The molecule has 19 heavy (non-hydrogen) atoms. The summed E-state index contributed by atoms with van der Waals surface area (Å²) in [5.74, 6) is -1.38. The molecule has 2 aromatic heterocycles. The van der Waals surface area contributed by atoms with Crippen molar-refractivity contribution in [1.82, 2.24) is 5.32 Å². The van der Waals surface area contributed by atoms with Gasteiger partial charge in [-0.15, -0.1) is 22.7 Å². The first-order valence-electron chi connectivity index (χ1n) is 6.03. The Morgan fingerprint density at radius 1 is 1.42 bits per heavy atom. The third-order valence-corrected chi connectivity index (χ3v) is 5.22. The van der Waals surface area contributed by atoms with Gasteiger partial charge in [0, 0.05) is 9.40 Å². The smallest absolute Gasteiger partial charge is 0.326 e. The molecule has 0 radical (unpaired) electrons. The average molecular weight is 297 g/mol. The van der Waals surface area contributed by atoms with Crippen molar-refractivity contribution in [2.75, 3.05) is 0 Å². The molecule has 0 aliphatic carbocycles. The Kier molecular flexibility index (Phi) is 4.21. The number of carbonyl (C=O) groups excluding carboxylic acids is 1. The van der Waals surface area contributed by atoms with Gasteiger partial charge < -0.3 is 10.4 Å². The predicted octanol–water partition coefficient (Wildman–Crippen LogP) is 3.19.